The molecule has 1 N–H and O–H groups in total. The molecule has 4 aliphatic rings. The zero-order valence-electron chi connectivity index (χ0n) is 20.7. The normalized spacial score (nSPS) is 44.5. The maximum absolute atomic E-state index is 17.4. The molecule has 1 heterocycles. The maximum Gasteiger partial charge on any atom is 0.375 e. The predicted molar refractivity (Wildman–Crippen MR) is 129 cm³/mol. The lowest BCUT2D eigenvalue weighted by Crippen LogP contribution is -2.70. The lowest BCUT2D eigenvalue weighted by atomic mass is 9.44. The Morgan fingerprint density at radius 3 is 2.65 bits per heavy atom. The van der Waals surface area contributed by atoms with Gasteiger partial charge in [0, 0.05) is 22.7 Å². The van der Waals surface area contributed by atoms with Crippen LogP contribution in [0.2, 0.25) is 0 Å². The number of halogens is 3. The number of carbonyl (C=O) groups excluding carboxylic acids is 3. The summed E-state index contributed by atoms with van der Waals surface area (Å²) in [6.07, 6.45) is 1.16. The number of carbonyl (C=O) groups is 3. The first kappa shape index (κ1) is 26.3. The van der Waals surface area contributed by atoms with Crippen molar-refractivity contribution >= 4 is 28.6 Å². The van der Waals surface area contributed by atoms with Gasteiger partial charge in [0.15, 0.2) is 17.1 Å². The fourth-order valence-corrected chi connectivity index (χ4v) is 8.76. The highest BCUT2D eigenvalue weighted by Gasteiger charge is 2.78. The summed E-state index contributed by atoms with van der Waals surface area (Å²) in [5.41, 5.74) is -7.19. The minimum absolute atomic E-state index is 0.00739. The highest BCUT2D eigenvalue weighted by Crippen LogP contribution is 2.72. The Labute approximate surface area is 216 Å². The summed E-state index contributed by atoms with van der Waals surface area (Å²) >= 11 is 0.352. The fourth-order valence-electron chi connectivity index (χ4n) is 7.97. The number of hydrogen-bond donors (Lipinski definition) is 1. The van der Waals surface area contributed by atoms with Crippen LogP contribution in [-0.2, 0) is 14.3 Å². The third-order valence-corrected chi connectivity index (χ3v) is 10.3. The van der Waals surface area contributed by atoms with Crippen LogP contribution < -0.4 is 0 Å². The molecular weight excluding hydrogens is 509 g/mol. The number of aliphatic hydroxyl groups is 1. The van der Waals surface area contributed by atoms with Gasteiger partial charge in [-0.3, -0.25) is 9.59 Å². The highest BCUT2D eigenvalue weighted by molar-refractivity contribution is 8.13. The topological polar surface area (TPSA) is 93.8 Å². The molecule has 0 amide bonds. The van der Waals surface area contributed by atoms with E-state index in [0.29, 0.717) is 11.8 Å². The molecule has 37 heavy (non-hydrogen) atoms. The zero-order valence-corrected chi connectivity index (χ0v) is 21.5. The van der Waals surface area contributed by atoms with Gasteiger partial charge in [-0.15, -0.1) is 0 Å². The number of ketones is 1. The average Bonchev–Trinajstić information content (AvgIpc) is 3.45. The van der Waals surface area contributed by atoms with Crippen molar-refractivity contribution in [3.63, 3.8) is 0 Å². The maximum atomic E-state index is 17.4. The molecule has 0 aromatic carbocycles. The number of furan rings is 1. The molecule has 0 saturated heterocycles. The van der Waals surface area contributed by atoms with E-state index in [0.717, 1.165) is 6.08 Å². The van der Waals surface area contributed by atoms with Gasteiger partial charge >= 0.3 is 5.97 Å². The molecule has 0 bridgehead atoms. The minimum atomic E-state index is -2.35. The van der Waals surface area contributed by atoms with Crippen LogP contribution in [0.15, 0.2) is 46.6 Å². The molecule has 4 unspecified atom stereocenters. The summed E-state index contributed by atoms with van der Waals surface area (Å²) in [5, 5.41) is 10.7. The monoisotopic (exact) mass is 538 g/mol. The van der Waals surface area contributed by atoms with Gasteiger partial charge < -0.3 is 14.3 Å². The molecule has 5 rings (SSSR count). The van der Waals surface area contributed by atoms with Crippen LogP contribution >= 0.6 is 11.8 Å². The van der Waals surface area contributed by atoms with Crippen molar-refractivity contribution in [1.82, 2.24) is 0 Å². The molecule has 4 aliphatic carbocycles. The zero-order chi connectivity index (χ0) is 27.0. The van der Waals surface area contributed by atoms with Crippen LogP contribution in [0.3, 0.4) is 0 Å². The SMILES string of the molecule is CC1C[C@H]2[C@@H]3CC(F)C4=CC(=O)C=C[C@]4(C)[C@@]3(F)C(O)C[C@]2(C)C1(OC(=O)c1ccco1)C(=O)SCF. The number of ether oxygens (including phenoxy) is 1. The standard InChI is InChI=1S/C27H29F3O6S/c1-14-9-16-17-11-19(29)18-10-15(31)6-7-24(18,2)26(17,30)21(32)12-25(16,3)27(14,23(34)37-13-28)36-22(33)20-5-4-8-35-20/h4-8,10,14,16-17,19,21,32H,9,11-13H2,1-3H3/t14?,16-,17-,19?,21?,24-,25-,26-,27?/m0/s1. The average molecular weight is 539 g/mol. The number of aliphatic hydroxyl groups excluding tert-OH is 1. The van der Waals surface area contributed by atoms with Crippen LogP contribution in [0.5, 0.6) is 0 Å². The number of hydrogen-bond acceptors (Lipinski definition) is 7. The Morgan fingerprint density at radius 1 is 1.27 bits per heavy atom. The summed E-state index contributed by atoms with van der Waals surface area (Å²) in [4.78, 5) is 38.7. The van der Waals surface area contributed by atoms with Crippen molar-refractivity contribution in [2.45, 2.75) is 63.6 Å². The summed E-state index contributed by atoms with van der Waals surface area (Å²) in [6, 6.07) is 1.78. The van der Waals surface area contributed by atoms with E-state index in [1.165, 1.54) is 37.5 Å². The molecule has 1 aromatic heterocycles. The Bertz CT molecular complexity index is 1200. The largest absolute Gasteiger partial charge is 0.457 e. The van der Waals surface area contributed by atoms with E-state index >= 15 is 8.78 Å². The van der Waals surface area contributed by atoms with Crippen LogP contribution in [0, 0.1) is 28.6 Å². The summed E-state index contributed by atoms with van der Waals surface area (Å²) in [7, 11) is 0. The van der Waals surface area contributed by atoms with Crippen molar-refractivity contribution in [2.24, 2.45) is 28.6 Å². The second kappa shape index (κ2) is 8.59. The molecule has 3 fully saturated rings. The summed E-state index contributed by atoms with van der Waals surface area (Å²) in [5.74, 6) is -3.98. The van der Waals surface area contributed by atoms with E-state index < -0.39 is 75.0 Å². The van der Waals surface area contributed by atoms with Crippen molar-refractivity contribution in [3.8, 4) is 0 Å². The van der Waals surface area contributed by atoms with Crippen molar-refractivity contribution in [2.75, 3.05) is 6.01 Å². The number of allylic oxidation sites excluding steroid dienone is 4. The van der Waals surface area contributed by atoms with Crippen LogP contribution in [0.4, 0.5) is 13.2 Å². The second-order valence-electron chi connectivity index (χ2n) is 11.1. The first-order valence-corrected chi connectivity index (χ1v) is 13.3. The lowest BCUT2D eigenvalue weighted by Gasteiger charge is -2.63. The third kappa shape index (κ3) is 3.27. The molecule has 0 aliphatic heterocycles. The number of esters is 1. The number of alkyl halides is 3. The van der Waals surface area contributed by atoms with E-state index in [2.05, 4.69) is 0 Å². The van der Waals surface area contributed by atoms with Gasteiger partial charge in [0.05, 0.1) is 12.4 Å². The van der Waals surface area contributed by atoms with Crippen molar-refractivity contribution < 1.29 is 41.8 Å². The van der Waals surface area contributed by atoms with Crippen LogP contribution in [-0.4, -0.2) is 51.5 Å². The number of rotatable bonds is 4. The van der Waals surface area contributed by atoms with E-state index in [-0.39, 0.29) is 30.6 Å². The minimum Gasteiger partial charge on any atom is -0.457 e. The fraction of sp³-hybridized carbons (Fsp3) is 0.593. The Hall–Kier alpha value is -2.33. The predicted octanol–water partition coefficient (Wildman–Crippen LogP) is 4.93. The molecule has 9 atom stereocenters. The number of thioether (sulfide) groups is 1. The molecule has 200 valence electrons. The van der Waals surface area contributed by atoms with E-state index in [4.69, 9.17) is 9.15 Å². The van der Waals surface area contributed by atoms with Crippen molar-refractivity contribution in [3.05, 3.63) is 48.0 Å². The summed E-state index contributed by atoms with van der Waals surface area (Å²) in [6.45, 7) is 4.79. The first-order chi connectivity index (χ1) is 17.4. The van der Waals surface area contributed by atoms with Gasteiger partial charge in [-0.1, -0.05) is 19.9 Å². The number of fused-ring (bicyclic) bond motifs is 5. The molecule has 0 radical (unpaired) electrons. The van der Waals surface area contributed by atoms with Gasteiger partial charge in [-0.05, 0) is 73.7 Å². The highest BCUT2D eigenvalue weighted by atomic mass is 32.2. The van der Waals surface area contributed by atoms with E-state index in [1.807, 2.05) is 0 Å². The van der Waals surface area contributed by atoms with Crippen LogP contribution in [0.25, 0.3) is 0 Å². The smallest absolute Gasteiger partial charge is 0.375 e. The van der Waals surface area contributed by atoms with Gasteiger partial charge in [0.25, 0.3) is 0 Å². The molecule has 3 saturated carbocycles. The molecule has 0 spiro atoms. The lowest BCUT2D eigenvalue weighted by molar-refractivity contribution is -0.221. The van der Waals surface area contributed by atoms with Crippen LogP contribution in [0.1, 0.15) is 50.6 Å². The third-order valence-electron chi connectivity index (χ3n) is 9.63. The second-order valence-corrected chi connectivity index (χ2v) is 12.0. The van der Waals surface area contributed by atoms with Crippen molar-refractivity contribution in [1.29, 1.82) is 0 Å². The van der Waals surface area contributed by atoms with Gasteiger partial charge in [-0.25, -0.2) is 18.0 Å². The Morgan fingerprint density at radius 2 is 2.00 bits per heavy atom. The summed E-state index contributed by atoms with van der Waals surface area (Å²) < 4.78 is 57.5. The van der Waals surface area contributed by atoms with E-state index in [1.54, 1.807) is 13.8 Å². The quantitative estimate of drug-likeness (QED) is 0.544. The first-order valence-electron chi connectivity index (χ1n) is 12.3. The van der Waals surface area contributed by atoms with Gasteiger partial charge in [-0.2, -0.15) is 0 Å². The Kier molecular flexibility index (Phi) is 6.10. The molecular formula is C27H29F3O6S. The van der Waals surface area contributed by atoms with E-state index in [9.17, 15) is 23.9 Å². The van der Waals surface area contributed by atoms with Gasteiger partial charge in [0.2, 0.25) is 10.9 Å². The Balaban J connectivity index is 1.64. The molecule has 1 aromatic rings. The van der Waals surface area contributed by atoms with Gasteiger partial charge in [0.1, 0.15) is 12.2 Å². The molecule has 6 nitrogen and oxygen atoms in total. The molecule has 10 heteroatoms.